The van der Waals surface area contributed by atoms with Crippen LogP contribution in [0.15, 0.2) is 35.3 Å². The first kappa shape index (κ1) is 18.2. The fourth-order valence-corrected chi connectivity index (χ4v) is 3.83. The van der Waals surface area contributed by atoms with Crippen molar-refractivity contribution < 1.29 is 19.7 Å². The number of aliphatic hydroxyl groups excluding tert-OH is 1. The van der Waals surface area contributed by atoms with Gasteiger partial charge in [-0.15, -0.1) is 0 Å². The Hall–Kier alpha value is -3.13. The molecule has 146 valence electrons. The molecule has 3 heterocycles. The van der Waals surface area contributed by atoms with Gasteiger partial charge in [-0.05, 0) is 6.07 Å². The van der Waals surface area contributed by atoms with Gasteiger partial charge in [-0.3, -0.25) is 9.48 Å². The first-order valence-corrected chi connectivity index (χ1v) is 8.92. The summed E-state index contributed by atoms with van der Waals surface area (Å²) in [6.45, 7) is 4.12. The van der Waals surface area contributed by atoms with Gasteiger partial charge < -0.3 is 19.5 Å². The highest BCUT2D eigenvalue weighted by Crippen LogP contribution is 2.42. The number of ether oxygens (including phenoxy) is 1. The van der Waals surface area contributed by atoms with Crippen molar-refractivity contribution in [3.8, 4) is 17.1 Å². The van der Waals surface area contributed by atoms with Crippen molar-refractivity contribution >= 4 is 16.9 Å². The third-order valence-electron chi connectivity index (χ3n) is 5.50. The van der Waals surface area contributed by atoms with Crippen LogP contribution in [0.4, 0.5) is 0 Å². The number of benzene rings is 1. The number of pyridine rings is 1. The molecule has 0 spiro atoms. The summed E-state index contributed by atoms with van der Waals surface area (Å²) in [6.07, 6.45) is 1.38. The molecule has 8 nitrogen and oxygen atoms in total. The number of carbonyl (C=O) groups is 1. The van der Waals surface area contributed by atoms with E-state index in [1.165, 1.54) is 12.3 Å². The monoisotopic (exact) mass is 383 g/mol. The molecule has 2 aromatic heterocycles. The molecule has 4 rings (SSSR count). The molecular formula is C20H21N3O5. The number of carboxylic acids is 1. The van der Waals surface area contributed by atoms with Gasteiger partial charge in [0, 0.05) is 23.1 Å². The Morgan fingerprint density at radius 1 is 1.39 bits per heavy atom. The molecular weight excluding hydrogens is 362 g/mol. The number of aromatic carboxylic acids is 1. The van der Waals surface area contributed by atoms with Crippen molar-refractivity contribution in [1.29, 1.82) is 0 Å². The minimum absolute atomic E-state index is 0.106. The van der Waals surface area contributed by atoms with Gasteiger partial charge in [-0.2, -0.15) is 5.10 Å². The predicted octanol–water partition coefficient (Wildman–Crippen LogP) is 2.14. The first-order valence-electron chi connectivity index (χ1n) is 8.92. The lowest BCUT2D eigenvalue weighted by molar-refractivity contribution is 0.0689. The molecule has 0 amide bonds. The molecule has 0 saturated carbocycles. The Bertz CT molecular complexity index is 1160. The second-order valence-corrected chi connectivity index (χ2v) is 7.70. The summed E-state index contributed by atoms with van der Waals surface area (Å²) >= 11 is 0. The Morgan fingerprint density at radius 3 is 2.79 bits per heavy atom. The van der Waals surface area contributed by atoms with Gasteiger partial charge in [0.1, 0.15) is 16.8 Å². The predicted molar refractivity (Wildman–Crippen MR) is 103 cm³/mol. The van der Waals surface area contributed by atoms with Crippen LogP contribution in [0.1, 0.15) is 30.2 Å². The van der Waals surface area contributed by atoms with Crippen molar-refractivity contribution in [2.75, 3.05) is 13.7 Å². The smallest absolute Gasteiger partial charge is 0.341 e. The fourth-order valence-electron chi connectivity index (χ4n) is 3.83. The van der Waals surface area contributed by atoms with Crippen LogP contribution in [0.2, 0.25) is 0 Å². The summed E-state index contributed by atoms with van der Waals surface area (Å²) in [7, 11) is 1.57. The molecule has 28 heavy (non-hydrogen) atoms. The van der Waals surface area contributed by atoms with Crippen LogP contribution >= 0.6 is 0 Å². The average Bonchev–Trinajstić information content (AvgIpc) is 3.05. The van der Waals surface area contributed by atoms with E-state index in [1.807, 2.05) is 36.7 Å². The minimum Gasteiger partial charge on any atom is -0.494 e. The number of methoxy groups -OCH3 is 1. The zero-order valence-corrected chi connectivity index (χ0v) is 15.8. The number of hydrogen-bond donors (Lipinski definition) is 2. The summed E-state index contributed by atoms with van der Waals surface area (Å²) in [4.78, 5) is 24.0. The first-order chi connectivity index (χ1) is 13.3. The number of nitrogens with zero attached hydrogens (tertiary/aromatic N) is 3. The lowest BCUT2D eigenvalue weighted by Crippen LogP contribution is -2.38. The van der Waals surface area contributed by atoms with Crippen molar-refractivity contribution in [3.05, 3.63) is 46.2 Å². The minimum atomic E-state index is -1.27. The molecule has 1 aliphatic rings. The van der Waals surface area contributed by atoms with E-state index in [2.05, 4.69) is 5.10 Å². The fraction of sp³-hybridized carbons (Fsp3) is 0.350. The van der Waals surface area contributed by atoms with Gasteiger partial charge in [-0.25, -0.2) is 4.79 Å². The maximum Gasteiger partial charge on any atom is 0.341 e. The maximum absolute atomic E-state index is 12.5. The summed E-state index contributed by atoms with van der Waals surface area (Å²) in [6, 6.07) is 6.61. The van der Waals surface area contributed by atoms with Crippen LogP contribution in [0.3, 0.4) is 0 Å². The van der Waals surface area contributed by atoms with Crippen LogP contribution in [0.5, 0.6) is 5.75 Å². The van der Waals surface area contributed by atoms with Crippen LogP contribution in [0, 0.1) is 5.41 Å². The van der Waals surface area contributed by atoms with E-state index in [0.29, 0.717) is 23.5 Å². The van der Waals surface area contributed by atoms with Gasteiger partial charge in [0.15, 0.2) is 5.43 Å². The van der Waals surface area contributed by atoms with E-state index >= 15 is 0 Å². The Morgan fingerprint density at radius 2 is 2.14 bits per heavy atom. The highest BCUT2D eigenvalue weighted by atomic mass is 16.5. The Labute approximate surface area is 160 Å². The van der Waals surface area contributed by atoms with Crippen LogP contribution < -0.4 is 10.2 Å². The van der Waals surface area contributed by atoms with Crippen LogP contribution in [0.25, 0.3) is 22.3 Å². The molecule has 0 radical (unpaired) electrons. The largest absolute Gasteiger partial charge is 0.494 e. The molecule has 1 aromatic carbocycles. The number of aromatic nitrogens is 3. The number of rotatable bonds is 4. The molecule has 2 N–H and O–H groups in total. The van der Waals surface area contributed by atoms with Gasteiger partial charge in [0.2, 0.25) is 0 Å². The van der Waals surface area contributed by atoms with Crippen molar-refractivity contribution in [2.45, 2.75) is 26.4 Å². The molecule has 0 aliphatic carbocycles. The van der Waals surface area contributed by atoms with Gasteiger partial charge in [0.05, 0.1) is 37.7 Å². The van der Waals surface area contributed by atoms with E-state index < -0.39 is 16.8 Å². The SMILES string of the molecule is COc1cccc2c3n(nc12)C[C@H](C(C)(C)CO)n1cc(C(=O)O)c(=O)cc1-3. The zero-order valence-electron chi connectivity index (χ0n) is 15.8. The number of aliphatic hydroxyl groups is 1. The van der Waals surface area contributed by atoms with Crippen LogP contribution in [-0.2, 0) is 6.54 Å². The quantitative estimate of drug-likeness (QED) is 0.715. The van der Waals surface area contributed by atoms with Crippen molar-refractivity contribution in [3.63, 3.8) is 0 Å². The molecule has 0 saturated heterocycles. The van der Waals surface area contributed by atoms with E-state index in [0.717, 1.165) is 11.1 Å². The molecule has 0 fully saturated rings. The lowest BCUT2D eigenvalue weighted by atomic mass is 9.83. The third kappa shape index (κ3) is 2.52. The molecule has 3 aromatic rings. The highest BCUT2D eigenvalue weighted by Gasteiger charge is 2.37. The molecule has 0 bridgehead atoms. The van der Waals surface area contributed by atoms with E-state index in [9.17, 15) is 19.8 Å². The van der Waals surface area contributed by atoms with E-state index in [1.54, 1.807) is 11.7 Å². The van der Waals surface area contributed by atoms with Gasteiger partial charge in [0.25, 0.3) is 0 Å². The highest BCUT2D eigenvalue weighted by molar-refractivity contribution is 5.96. The second kappa shape index (κ2) is 6.20. The maximum atomic E-state index is 12.5. The number of fused-ring (bicyclic) bond motifs is 5. The Balaban J connectivity index is 2.08. The van der Waals surface area contributed by atoms with E-state index in [4.69, 9.17) is 4.74 Å². The molecule has 1 aliphatic heterocycles. The Kier molecular flexibility index (Phi) is 4.04. The normalized spacial score (nSPS) is 15.9. The molecule has 0 unspecified atom stereocenters. The van der Waals surface area contributed by atoms with Crippen LogP contribution in [-0.4, -0.2) is 44.2 Å². The number of hydrogen-bond acceptors (Lipinski definition) is 5. The molecule has 8 heteroatoms. The van der Waals surface area contributed by atoms with E-state index in [-0.39, 0.29) is 18.2 Å². The summed E-state index contributed by atoms with van der Waals surface area (Å²) in [5.74, 6) is -0.653. The third-order valence-corrected chi connectivity index (χ3v) is 5.50. The van der Waals surface area contributed by atoms with Crippen molar-refractivity contribution in [2.24, 2.45) is 5.41 Å². The summed E-state index contributed by atoms with van der Waals surface area (Å²) in [5.41, 5.74) is 0.544. The second-order valence-electron chi connectivity index (χ2n) is 7.70. The summed E-state index contributed by atoms with van der Waals surface area (Å²) < 4.78 is 9.02. The van der Waals surface area contributed by atoms with Gasteiger partial charge >= 0.3 is 5.97 Å². The van der Waals surface area contributed by atoms with Gasteiger partial charge in [-0.1, -0.05) is 26.0 Å². The lowest BCUT2D eigenvalue weighted by Gasteiger charge is -2.39. The zero-order chi connectivity index (χ0) is 20.2. The molecule has 1 atom stereocenters. The summed E-state index contributed by atoms with van der Waals surface area (Å²) in [5, 5.41) is 24.8. The van der Waals surface area contributed by atoms with Crippen molar-refractivity contribution in [1.82, 2.24) is 14.3 Å². The number of carboxylic acid groups (broad SMARTS) is 1. The average molecular weight is 383 g/mol. The topological polar surface area (TPSA) is 107 Å². The standard InChI is InChI=1S/C20H21N3O5/c1-20(2,10-24)16-9-23-18(11-5-4-6-15(28-3)17(11)21-23)13-7-14(25)12(19(26)27)8-22(13)16/h4-8,16,24H,9-10H2,1-3H3,(H,26,27)/t16-/m1/s1.